The maximum Gasteiger partial charge on any atom is 0.342 e. The lowest BCUT2D eigenvalue weighted by Gasteiger charge is -2.10. The molecule has 0 fully saturated rings. The Balaban J connectivity index is 1.67. The van der Waals surface area contributed by atoms with E-state index < -0.39 is 18.5 Å². The first-order valence-electron chi connectivity index (χ1n) is 9.09. The zero-order chi connectivity index (χ0) is 21.0. The molecule has 1 aromatic heterocycles. The summed E-state index contributed by atoms with van der Waals surface area (Å²) in [7, 11) is 1.39. The van der Waals surface area contributed by atoms with Crippen molar-refractivity contribution >= 4 is 45.5 Å². The van der Waals surface area contributed by atoms with Crippen LogP contribution < -0.4 is 15.8 Å². The lowest BCUT2D eigenvalue weighted by Crippen LogP contribution is -2.21. The molecule has 0 atom stereocenters. The van der Waals surface area contributed by atoms with Gasteiger partial charge in [-0.3, -0.25) is 4.79 Å². The summed E-state index contributed by atoms with van der Waals surface area (Å²) in [5.74, 6) is -1.08. The molecule has 0 radical (unpaired) electrons. The number of esters is 1. The van der Waals surface area contributed by atoms with Gasteiger partial charge < -0.3 is 20.5 Å². The van der Waals surface area contributed by atoms with Gasteiger partial charge in [-0.1, -0.05) is 18.0 Å². The van der Waals surface area contributed by atoms with E-state index in [2.05, 4.69) is 11.4 Å². The van der Waals surface area contributed by atoms with Crippen LogP contribution in [0, 0.1) is 11.3 Å². The second kappa shape index (κ2) is 9.16. The number of hydrogen-bond acceptors (Lipinski definition) is 7. The van der Waals surface area contributed by atoms with Gasteiger partial charge in [0.05, 0.1) is 23.4 Å². The number of methoxy groups -OCH3 is 1. The van der Waals surface area contributed by atoms with Crippen LogP contribution in [0.25, 0.3) is 0 Å². The van der Waals surface area contributed by atoms with E-state index in [9.17, 15) is 14.9 Å². The maximum absolute atomic E-state index is 12.3. The van der Waals surface area contributed by atoms with E-state index >= 15 is 0 Å². The molecule has 1 aliphatic carbocycles. The summed E-state index contributed by atoms with van der Waals surface area (Å²) in [6, 6.07) is 4.95. The predicted octanol–water partition coefficient (Wildman–Crippen LogP) is 3.93. The number of anilines is 2. The molecule has 0 saturated heterocycles. The van der Waals surface area contributed by atoms with Crippen molar-refractivity contribution in [2.24, 2.45) is 0 Å². The topological polar surface area (TPSA) is 114 Å². The predicted molar refractivity (Wildman–Crippen MR) is 112 cm³/mol. The molecule has 0 bridgehead atoms. The number of fused-ring (bicyclic) bond motifs is 1. The van der Waals surface area contributed by atoms with Crippen molar-refractivity contribution < 1.29 is 19.1 Å². The lowest BCUT2D eigenvalue weighted by atomic mass is 10.1. The molecule has 0 aliphatic heterocycles. The van der Waals surface area contributed by atoms with Crippen LogP contribution in [0.1, 0.15) is 45.6 Å². The Morgan fingerprint density at radius 1 is 1.31 bits per heavy atom. The van der Waals surface area contributed by atoms with Crippen molar-refractivity contribution in [3.05, 3.63) is 38.7 Å². The first-order chi connectivity index (χ1) is 13.9. The molecule has 7 nitrogen and oxygen atoms in total. The number of aryl methyl sites for hydroxylation is 1. The minimum atomic E-state index is -0.763. The largest absolute Gasteiger partial charge is 0.496 e. The van der Waals surface area contributed by atoms with Crippen LogP contribution in [0.3, 0.4) is 0 Å². The van der Waals surface area contributed by atoms with Gasteiger partial charge in [-0.15, -0.1) is 11.3 Å². The number of nitrogen functional groups attached to an aromatic ring is 1. The van der Waals surface area contributed by atoms with Crippen molar-refractivity contribution in [3.63, 3.8) is 0 Å². The average Bonchev–Trinajstić information content (AvgIpc) is 2.86. The highest BCUT2D eigenvalue weighted by Gasteiger charge is 2.22. The van der Waals surface area contributed by atoms with Gasteiger partial charge in [0.2, 0.25) is 0 Å². The van der Waals surface area contributed by atoms with Gasteiger partial charge in [-0.25, -0.2) is 4.79 Å². The van der Waals surface area contributed by atoms with Crippen LogP contribution in [0.5, 0.6) is 5.75 Å². The van der Waals surface area contributed by atoms with Crippen LogP contribution in [0.2, 0.25) is 5.02 Å². The van der Waals surface area contributed by atoms with E-state index in [0.717, 1.165) is 42.5 Å². The molecule has 152 valence electrons. The van der Waals surface area contributed by atoms with Crippen molar-refractivity contribution in [1.82, 2.24) is 0 Å². The number of nitrogens with zero attached hydrogens (tertiary/aromatic N) is 1. The Labute approximate surface area is 177 Å². The molecule has 1 aromatic carbocycles. The number of amides is 1. The summed E-state index contributed by atoms with van der Waals surface area (Å²) < 4.78 is 10.2. The summed E-state index contributed by atoms with van der Waals surface area (Å²) in [6.07, 6.45) is 5.02. The Bertz CT molecular complexity index is 997. The summed E-state index contributed by atoms with van der Waals surface area (Å²) in [4.78, 5) is 25.8. The third-order valence-corrected chi connectivity index (χ3v) is 6.19. The maximum atomic E-state index is 12.3. The van der Waals surface area contributed by atoms with Gasteiger partial charge in [0.15, 0.2) is 6.61 Å². The number of ether oxygens (including phenoxy) is 2. The van der Waals surface area contributed by atoms with Crippen molar-refractivity contribution in [3.8, 4) is 11.8 Å². The molecule has 0 spiro atoms. The first kappa shape index (κ1) is 21.0. The Morgan fingerprint density at radius 2 is 2.07 bits per heavy atom. The zero-order valence-corrected chi connectivity index (χ0v) is 17.4. The fourth-order valence-corrected chi connectivity index (χ4v) is 4.64. The molecular weight excluding hydrogens is 414 g/mol. The molecular formula is C20H20ClN3O4S. The number of carbonyl (C=O) groups excluding carboxylic acids is 2. The van der Waals surface area contributed by atoms with E-state index in [1.807, 2.05) is 0 Å². The van der Waals surface area contributed by atoms with Crippen LogP contribution in [0.4, 0.5) is 10.7 Å². The van der Waals surface area contributed by atoms with Gasteiger partial charge in [0.1, 0.15) is 22.4 Å². The second-order valence-electron chi connectivity index (χ2n) is 6.58. The number of hydrogen-bond donors (Lipinski definition) is 2. The number of benzene rings is 1. The Morgan fingerprint density at radius 3 is 2.79 bits per heavy atom. The number of carbonyl (C=O) groups is 2. The van der Waals surface area contributed by atoms with Crippen LogP contribution >= 0.6 is 22.9 Å². The average molecular weight is 434 g/mol. The minimum absolute atomic E-state index is 0.0695. The van der Waals surface area contributed by atoms with Crippen molar-refractivity contribution in [2.75, 3.05) is 24.8 Å². The van der Waals surface area contributed by atoms with E-state index in [1.54, 1.807) is 0 Å². The highest BCUT2D eigenvalue weighted by molar-refractivity contribution is 7.16. The van der Waals surface area contributed by atoms with Gasteiger partial charge in [-0.2, -0.15) is 5.26 Å². The molecule has 0 saturated carbocycles. The molecule has 1 heterocycles. The molecule has 29 heavy (non-hydrogen) atoms. The minimum Gasteiger partial charge on any atom is -0.496 e. The third kappa shape index (κ3) is 4.63. The second-order valence-corrected chi connectivity index (χ2v) is 8.09. The normalized spacial score (nSPS) is 13.0. The Kier molecular flexibility index (Phi) is 6.62. The van der Waals surface area contributed by atoms with Gasteiger partial charge in [-0.05, 0) is 37.3 Å². The highest BCUT2D eigenvalue weighted by atomic mass is 35.5. The van der Waals surface area contributed by atoms with Crippen LogP contribution in [-0.4, -0.2) is 25.6 Å². The van der Waals surface area contributed by atoms with Crippen LogP contribution in [0.15, 0.2) is 12.1 Å². The van der Waals surface area contributed by atoms with Crippen molar-refractivity contribution in [1.29, 1.82) is 5.26 Å². The Hall–Kier alpha value is -2.76. The fraction of sp³-hybridized carbons (Fsp3) is 0.350. The number of thiophene rings is 1. The first-order valence-corrected chi connectivity index (χ1v) is 10.3. The number of nitrogens with one attached hydrogen (secondary N) is 1. The quantitative estimate of drug-likeness (QED) is 0.419. The van der Waals surface area contributed by atoms with Crippen LogP contribution in [-0.2, 0) is 22.4 Å². The monoisotopic (exact) mass is 433 g/mol. The van der Waals surface area contributed by atoms with Gasteiger partial charge >= 0.3 is 5.97 Å². The van der Waals surface area contributed by atoms with Crippen molar-refractivity contribution in [2.45, 2.75) is 32.1 Å². The smallest absolute Gasteiger partial charge is 0.342 e. The summed E-state index contributed by atoms with van der Waals surface area (Å²) in [5, 5.41) is 12.9. The number of halogens is 1. The number of nitriles is 1. The van der Waals surface area contributed by atoms with Gasteiger partial charge in [0, 0.05) is 10.9 Å². The lowest BCUT2D eigenvalue weighted by molar-refractivity contribution is -0.119. The highest BCUT2D eigenvalue weighted by Crippen LogP contribution is 2.37. The molecule has 3 N–H and O–H groups in total. The van der Waals surface area contributed by atoms with Gasteiger partial charge in [0.25, 0.3) is 5.91 Å². The third-order valence-electron chi connectivity index (χ3n) is 4.66. The summed E-state index contributed by atoms with van der Waals surface area (Å²) in [5.41, 5.74) is 7.57. The molecule has 1 amide bonds. The molecule has 1 aliphatic rings. The van der Waals surface area contributed by atoms with E-state index in [-0.39, 0.29) is 22.0 Å². The fourth-order valence-electron chi connectivity index (χ4n) is 3.22. The van der Waals surface area contributed by atoms with E-state index in [1.165, 1.54) is 30.6 Å². The molecule has 2 aromatic rings. The standard InChI is InChI=1S/C20H20ClN3O4S/c1-27-16-8-15(23)14(21)7-12(16)20(26)28-10-18(25)24-19-13(9-22)11-5-3-2-4-6-17(11)29-19/h7-8H,2-6,10,23H2,1H3,(H,24,25). The summed E-state index contributed by atoms with van der Waals surface area (Å²) >= 11 is 7.38. The molecule has 9 heteroatoms. The van der Waals surface area contributed by atoms with E-state index in [0.29, 0.717) is 10.6 Å². The molecule has 0 unspecified atom stereocenters. The summed E-state index contributed by atoms with van der Waals surface area (Å²) in [6.45, 7) is -0.503. The van der Waals surface area contributed by atoms with E-state index in [4.69, 9.17) is 26.8 Å². The number of rotatable bonds is 5. The molecule has 3 rings (SSSR count). The number of nitrogens with two attached hydrogens (primary N) is 1. The SMILES string of the molecule is COc1cc(N)c(Cl)cc1C(=O)OCC(=O)Nc1sc2c(c1C#N)CCCCC2. The zero-order valence-electron chi connectivity index (χ0n) is 15.8.